The van der Waals surface area contributed by atoms with Crippen molar-refractivity contribution < 1.29 is 44.9 Å². The van der Waals surface area contributed by atoms with Crippen LogP contribution in [-0.4, -0.2) is 107 Å². The van der Waals surface area contributed by atoms with Gasteiger partial charge < -0.3 is 35.7 Å². The summed E-state index contributed by atoms with van der Waals surface area (Å²) < 4.78 is 22.1. The second-order valence-corrected chi connectivity index (χ2v) is 16.3. The lowest BCUT2D eigenvalue weighted by molar-refractivity contribution is -0.609. The van der Waals surface area contributed by atoms with Gasteiger partial charge in [0, 0.05) is 51.6 Å². The monoisotopic (exact) mass is 734 g/mol. The van der Waals surface area contributed by atoms with Crippen LogP contribution in [0.4, 0.5) is 0 Å². The second-order valence-electron chi connectivity index (χ2n) is 16.3. The van der Waals surface area contributed by atoms with E-state index in [2.05, 4.69) is 52.7 Å². The number of esters is 1. The Morgan fingerprint density at radius 1 is 1.02 bits per heavy atom. The number of aliphatic hydroxyl groups is 1. The van der Waals surface area contributed by atoms with Crippen LogP contribution in [-0.2, 0) is 23.8 Å². The normalized spacial score (nSPS) is 31.5. The molecule has 0 bridgehead atoms. The maximum absolute atomic E-state index is 14.0. The summed E-state index contributed by atoms with van der Waals surface area (Å²) in [6.07, 6.45) is 23.1. The van der Waals surface area contributed by atoms with Crippen molar-refractivity contribution in [2.75, 3.05) is 32.8 Å². The third-order valence-electron chi connectivity index (χ3n) is 12.1. The first-order valence-electron chi connectivity index (χ1n) is 21.2. The Bertz CT molecular complexity index is 1220. The van der Waals surface area contributed by atoms with E-state index >= 15 is 0 Å². The van der Waals surface area contributed by atoms with E-state index in [1.54, 1.807) is 0 Å². The predicted octanol–water partition coefficient (Wildman–Crippen LogP) is 2.73. The molecule has 0 aromatic rings. The molecule has 52 heavy (non-hydrogen) atoms. The van der Waals surface area contributed by atoms with Crippen molar-refractivity contribution in [1.82, 2.24) is 15.5 Å². The summed E-state index contributed by atoms with van der Waals surface area (Å²) in [4.78, 5) is 28.6. The van der Waals surface area contributed by atoms with Gasteiger partial charge in [-0.3, -0.25) is 14.2 Å². The molecule has 0 aromatic heterocycles. The Kier molecular flexibility index (Phi) is 15.7. The van der Waals surface area contributed by atoms with Crippen molar-refractivity contribution in [2.45, 2.75) is 184 Å². The van der Waals surface area contributed by atoms with Gasteiger partial charge in [-0.15, -0.1) is 0 Å². The van der Waals surface area contributed by atoms with Crippen LogP contribution in [0.15, 0.2) is 12.2 Å². The molecule has 5 heterocycles. The van der Waals surface area contributed by atoms with Gasteiger partial charge in [0.25, 0.3) is 0 Å². The van der Waals surface area contributed by atoms with Crippen LogP contribution in [0.2, 0.25) is 0 Å². The van der Waals surface area contributed by atoms with Crippen LogP contribution in [0.25, 0.3) is 0 Å². The van der Waals surface area contributed by atoms with Crippen molar-refractivity contribution in [3.05, 3.63) is 12.2 Å². The van der Waals surface area contributed by atoms with Gasteiger partial charge in [-0.2, -0.15) is 0 Å². The molecule has 0 aromatic carbocycles. The van der Waals surface area contributed by atoms with E-state index in [4.69, 9.17) is 14.2 Å². The number of carbonyl (C=O) groups excluding carboxylic acids is 2. The lowest BCUT2D eigenvalue weighted by Gasteiger charge is -2.50. The van der Waals surface area contributed by atoms with E-state index < -0.39 is 17.6 Å². The second kappa shape index (κ2) is 19.9. The third kappa shape index (κ3) is 10.5. The van der Waals surface area contributed by atoms with Crippen LogP contribution >= 0.6 is 0 Å². The highest BCUT2D eigenvalue weighted by molar-refractivity contribution is 5.82. The van der Waals surface area contributed by atoms with Gasteiger partial charge in [0.05, 0.1) is 50.1 Å². The molecule has 2 fully saturated rings. The largest absolute Gasteiger partial charge is 0.465 e. The first-order valence-corrected chi connectivity index (χ1v) is 21.2. The molecule has 12 heteroatoms. The van der Waals surface area contributed by atoms with Crippen molar-refractivity contribution >= 4 is 17.8 Å². The number of hydrogen-bond donors (Lipinski definition) is 5. The summed E-state index contributed by atoms with van der Waals surface area (Å²) in [6, 6.07) is 0.367. The van der Waals surface area contributed by atoms with Crippen molar-refractivity contribution in [3.8, 4) is 0 Å². The molecule has 2 saturated heterocycles. The SMILES string of the molecule is CC[C@H]1C=CCC[C@@]2(C[C@@H]3CC[C@@H]4[C@H](C(=O)OCCCCCCCCCCC(=O)N(CCC[NH3+])C[C@@H](O)CC[NH3+])[C@]5(CCC[C@@H](C)O5)NC(=[N+]34)N2)O1. The molecule has 0 aliphatic carbocycles. The highest BCUT2D eigenvalue weighted by atomic mass is 16.6. The van der Waals surface area contributed by atoms with E-state index in [9.17, 15) is 14.7 Å². The van der Waals surface area contributed by atoms with E-state index in [0.717, 1.165) is 128 Å². The number of allylic oxidation sites excluding steroid dienone is 1. The summed E-state index contributed by atoms with van der Waals surface area (Å²) in [5.41, 5.74) is 6.52. The highest BCUT2D eigenvalue weighted by Gasteiger charge is 2.64. The first-order chi connectivity index (χ1) is 25.2. The molecule has 0 radical (unpaired) electrons. The van der Waals surface area contributed by atoms with Crippen LogP contribution in [0.5, 0.6) is 0 Å². The quantitative estimate of drug-likeness (QED) is 0.0552. The molecule has 2 spiro atoms. The number of ether oxygens (including phenoxy) is 3. The van der Waals surface area contributed by atoms with Gasteiger partial charge in [0.2, 0.25) is 11.6 Å². The molecule has 8 atom stereocenters. The number of guanidine groups is 1. The molecule has 296 valence electrons. The number of nitrogens with one attached hydrogen (secondary N) is 2. The van der Waals surface area contributed by atoms with Crippen LogP contribution < -0.4 is 22.1 Å². The molecule has 1 amide bonds. The number of carbonyl (C=O) groups is 2. The van der Waals surface area contributed by atoms with Gasteiger partial charge in [-0.25, -0.2) is 10.6 Å². The van der Waals surface area contributed by atoms with Crippen LogP contribution in [0.3, 0.4) is 0 Å². The molecular formula is C40H73N6O6+3. The minimum absolute atomic E-state index is 0.0481. The van der Waals surface area contributed by atoms with Crippen LogP contribution in [0, 0.1) is 5.92 Å². The number of rotatable bonds is 20. The fourth-order valence-corrected chi connectivity index (χ4v) is 9.46. The van der Waals surface area contributed by atoms with Gasteiger partial charge in [-0.1, -0.05) is 57.6 Å². The average Bonchev–Trinajstić information content (AvgIpc) is 3.42. The van der Waals surface area contributed by atoms with Crippen molar-refractivity contribution in [1.29, 1.82) is 0 Å². The van der Waals surface area contributed by atoms with Gasteiger partial charge in [-0.05, 0) is 58.3 Å². The Morgan fingerprint density at radius 2 is 1.79 bits per heavy atom. The van der Waals surface area contributed by atoms with Crippen molar-refractivity contribution in [2.24, 2.45) is 5.92 Å². The van der Waals surface area contributed by atoms with Gasteiger partial charge in [0.1, 0.15) is 0 Å². The Morgan fingerprint density at radius 3 is 2.52 bits per heavy atom. The number of aliphatic hydroxyl groups excluding tert-OH is 1. The summed E-state index contributed by atoms with van der Waals surface area (Å²) in [5, 5.41) is 17.8. The zero-order valence-electron chi connectivity index (χ0n) is 32.6. The summed E-state index contributed by atoms with van der Waals surface area (Å²) in [7, 11) is 0. The summed E-state index contributed by atoms with van der Waals surface area (Å²) in [6.45, 7) is 7.29. The van der Waals surface area contributed by atoms with Crippen LogP contribution in [0.1, 0.15) is 142 Å². The lowest BCUT2D eigenvalue weighted by Crippen LogP contribution is -2.76. The molecule has 0 saturated carbocycles. The number of unbranched alkanes of at least 4 members (excludes halogenated alkanes) is 7. The molecule has 5 aliphatic heterocycles. The molecule has 12 nitrogen and oxygen atoms in total. The molecular weight excluding hydrogens is 660 g/mol. The smallest absolute Gasteiger partial charge is 0.350 e. The lowest BCUT2D eigenvalue weighted by atomic mass is 9.80. The van der Waals surface area contributed by atoms with Gasteiger partial charge >= 0.3 is 11.9 Å². The molecule has 0 unspecified atom stereocenters. The van der Waals surface area contributed by atoms with Crippen molar-refractivity contribution in [3.63, 3.8) is 0 Å². The summed E-state index contributed by atoms with van der Waals surface area (Å²) in [5.74, 6) is 0.627. The topological polar surface area (TPSA) is 168 Å². The summed E-state index contributed by atoms with van der Waals surface area (Å²) >= 11 is 0. The molecule has 5 aliphatic rings. The molecule has 5 rings (SSSR count). The maximum atomic E-state index is 14.0. The third-order valence-corrected chi connectivity index (χ3v) is 12.1. The zero-order valence-corrected chi connectivity index (χ0v) is 32.6. The standard InChI is InChI=1S/C40H70N6O6/c1-3-33-17-11-12-22-39(52-33)28-31-19-20-34-36(40(23-14-16-30(2)51-40)44-38(43-39)46(31)34)37(49)50-27-13-9-7-5-4-6-8-10-18-35(48)45(26-15-24-41)29-32(47)21-25-42/h11,17,30-34,36,47H,3-10,12-16,18-29,41-42H2,1-2H3,(H,43,44)/p+3/t30-,31+,32+,33+,34-,36-,39+,40-/m1/s1. The predicted molar refractivity (Wildman–Crippen MR) is 200 cm³/mol. The Balaban J connectivity index is 1.04. The van der Waals surface area contributed by atoms with E-state index in [-0.39, 0.29) is 36.0 Å². The number of hydrogen-bond acceptors (Lipinski definition) is 8. The average molecular weight is 734 g/mol. The Hall–Kier alpha value is -2.25. The zero-order chi connectivity index (χ0) is 37.0. The maximum Gasteiger partial charge on any atom is 0.350 e. The fourth-order valence-electron chi connectivity index (χ4n) is 9.46. The highest BCUT2D eigenvalue weighted by Crippen LogP contribution is 2.45. The number of nitrogens with zero attached hydrogens (tertiary/aromatic N) is 2. The Labute approximate surface area is 312 Å². The minimum atomic E-state index is -0.775. The minimum Gasteiger partial charge on any atom is -0.465 e. The number of quaternary nitrogens is 2. The number of amides is 1. The first kappa shape index (κ1) is 40.9. The van der Waals surface area contributed by atoms with E-state index in [1.165, 1.54) is 0 Å². The van der Waals surface area contributed by atoms with Gasteiger partial charge in [0.15, 0.2) is 11.6 Å². The van der Waals surface area contributed by atoms with E-state index in [0.29, 0.717) is 45.1 Å². The fraction of sp³-hybridized carbons (Fsp3) is 0.875. The van der Waals surface area contributed by atoms with E-state index in [1.807, 2.05) is 4.90 Å². The molecule has 9 N–H and O–H groups in total.